The van der Waals surface area contributed by atoms with Gasteiger partial charge in [-0.25, -0.2) is 4.79 Å². The van der Waals surface area contributed by atoms with Crippen LogP contribution >= 0.6 is 11.6 Å². The Kier molecular flexibility index (Phi) is 7.52. The van der Waals surface area contributed by atoms with E-state index in [0.29, 0.717) is 28.7 Å². The highest BCUT2D eigenvalue weighted by Gasteiger charge is 2.23. The van der Waals surface area contributed by atoms with E-state index in [-0.39, 0.29) is 24.9 Å². The summed E-state index contributed by atoms with van der Waals surface area (Å²) in [4.78, 5) is 39.6. The van der Waals surface area contributed by atoms with Crippen LogP contribution in [0.5, 0.6) is 11.5 Å². The molecule has 1 saturated heterocycles. The van der Waals surface area contributed by atoms with Gasteiger partial charge in [-0.3, -0.25) is 14.2 Å². The zero-order valence-corrected chi connectivity index (χ0v) is 20.1. The fraction of sp³-hybridized carbons (Fsp3) is 0.333. The normalized spacial score (nSPS) is 15.1. The molecule has 0 aliphatic carbocycles. The van der Waals surface area contributed by atoms with Crippen LogP contribution in [0.15, 0.2) is 52.1 Å². The lowest BCUT2D eigenvalue weighted by Gasteiger charge is -2.15. The van der Waals surface area contributed by atoms with Gasteiger partial charge in [0.05, 0.1) is 32.6 Å². The topological polar surface area (TPSA) is 114 Å². The van der Waals surface area contributed by atoms with Crippen molar-refractivity contribution in [2.24, 2.45) is 0 Å². The maximum Gasteiger partial charge on any atom is 0.352 e. The molecule has 1 aliphatic heterocycles. The summed E-state index contributed by atoms with van der Waals surface area (Å²) >= 11 is 6.27. The summed E-state index contributed by atoms with van der Waals surface area (Å²) in [5.74, 6) is 0.0998. The zero-order chi connectivity index (χ0) is 24.9. The van der Waals surface area contributed by atoms with Crippen molar-refractivity contribution in [2.45, 2.75) is 25.5 Å². The molecule has 2 heterocycles. The maximum atomic E-state index is 13.4. The maximum absolute atomic E-state index is 13.4. The number of rotatable bonds is 8. The van der Waals surface area contributed by atoms with Crippen molar-refractivity contribution in [1.82, 2.24) is 19.7 Å². The highest BCUT2D eigenvalue weighted by molar-refractivity contribution is 6.31. The van der Waals surface area contributed by atoms with Crippen LogP contribution < -0.4 is 26.0 Å². The Hall–Kier alpha value is -3.63. The Morgan fingerprint density at radius 3 is 2.63 bits per heavy atom. The predicted octanol–water partition coefficient (Wildman–Crippen LogP) is 2.02. The third kappa shape index (κ3) is 5.23. The molecule has 35 heavy (non-hydrogen) atoms. The molecule has 11 heteroatoms. The molecule has 0 radical (unpaired) electrons. The number of methoxy groups -OCH3 is 2. The van der Waals surface area contributed by atoms with E-state index in [1.54, 1.807) is 36.4 Å². The second kappa shape index (κ2) is 10.7. The summed E-state index contributed by atoms with van der Waals surface area (Å²) in [7, 11) is 2.95. The van der Waals surface area contributed by atoms with E-state index in [0.717, 1.165) is 22.1 Å². The second-order valence-electron chi connectivity index (χ2n) is 7.91. The number of hydrogen-bond donors (Lipinski definition) is 1. The first kappa shape index (κ1) is 24.5. The Bertz CT molecular complexity index is 1350. The van der Waals surface area contributed by atoms with Crippen LogP contribution in [0, 0.1) is 0 Å². The summed E-state index contributed by atoms with van der Waals surface area (Å²) in [6.07, 6.45) is 1.60. The highest BCUT2D eigenvalue weighted by atomic mass is 35.5. The molecular formula is C24H25ClN4O6. The third-order valence-corrected chi connectivity index (χ3v) is 6.06. The number of nitrogens with one attached hydrogen (secondary N) is 1. The Labute approximate surface area is 206 Å². The van der Waals surface area contributed by atoms with Crippen LogP contribution in [0.2, 0.25) is 5.02 Å². The van der Waals surface area contributed by atoms with Crippen molar-refractivity contribution in [1.29, 1.82) is 0 Å². The van der Waals surface area contributed by atoms with Crippen LogP contribution in [0.1, 0.15) is 28.9 Å². The minimum absolute atomic E-state index is 0.124. The number of nitrogens with zero attached hydrogens (tertiary/aromatic N) is 3. The van der Waals surface area contributed by atoms with E-state index >= 15 is 0 Å². The number of carbonyl (C=O) groups is 1. The highest BCUT2D eigenvalue weighted by Crippen LogP contribution is 2.28. The van der Waals surface area contributed by atoms with Crippen molar-refractivity contribution in [3.05, 3.63) is 79.6 Å². The molecule has 0 spiro atoms. The molecule has 0 bridgehead atoms. The van der Waals surface area contributed by atoms with Gasteiger partial charge in [0.25, 0.3) is 11.5 Å². The zero-order valence-electron chi connectivity index (χ0n) is 19.3. The standard InChI is InChI=1S/C24H25ClN4O6/c1-33-19-10-9-16(12-20(19)34-2)29-24(32)28(14-15-6-3-4-8-18(15)25)23(31)21(27-29)22(30)26-13-17-7-5-11-35-17/h3-4,6,8-10,12,17H,5,7,11,13-14H2,1-2H3,(H,26,30). The molecule has 0 saturated carbocycles. The van der Waals surface area contributed by atoms with E-state index in [2.05, 4.69) is 10.4 Å². The minimum Gasteiger partial charge on any atom is -0.493 e. The van der Waals surface area contributed by atoms with Crippen molar-refractivity contribution >= 4 is 17.5 Å². The number of carbonyl (C=O) groups excluding carboxylic acids is 1. The molecule has 1 aliphatic rings. The molecule has 1 amide bonds. The largest absolute Gasteiger partial charge is 0.493 e. The van der Waals surface area contributed by atoms with E-state index in [4.69, 9.17) is 25.8 Å². The molecule has 1 unspecified atom stereocenters. The molecule has 3 aromatic rings. The fourth-order valence-corrected chi connectivity index (χ4v) is 4.01. The number of benzene rings is 2. The van der Waals surface area contributed by atoms with Gasteiger partial charge in [-0.15, -0.1) is 0 Å². The summed E-state index contributed by atoms with van der Waals surface area (Å²) in [5.41, 5.74) is -1.16. The van der Waals surface area contributed by atoms with E-state index in [1.165, 1.54) is 20.3 Å². The first-order chi connectivity index (χ1) is 16.9. The third-order valence-electron chi connectivity index (χ3n) is 5.69. The van der Waals surface area contributed by atoms with Gasteiger partial charge in [-0.2, -0.15) is 9.78 Å². The number of amides is 1. The first-order valence-electron chi connectivity index (χ1n) is 11.0. The van der Waals surface area contributed by atoms with Crippen LogP contribution in [0.3, 0.4) is 0 Å². The minimum atomic E-state index is -0.823. The predicted molar refractivity (Wildman–Crippen MR) is 129 cm³/mol. The van der Waals surface area contributed by atoms with Crippen molar-refractivity contribution in [2.75, 3.05) is 27.4 Å². The lowest BCUT2D eigenvalue weighted by atomic mass is 10.2. The summed E-state index contributed by atoms with van der Waals surface area (Å²) in [6, 6.07) is 11.6. The van der Waals surface area contributed by atoms with Gasteiger partial charge >= 0.3 is 5.69 Å². The van der Waals surface area contributed by atoms with Gasteiger partial charge in [0.2, 0.25) is 5.69 Å². The van der Waals surface area contributed by atoms with Gasteiger partial charge in [-0.05, 0) is 36.6 Å². The molecule has 4 rings (SSSR count). The number of hydrogen-bond acceptors (Lipinski definition) is 7. The quantitative estimate of drug-likeness (QED) is 0.503. The summed E-state index contributed by atoms with van der Waals surface area (Å²) in [6.45, 7) is 0.729. The van der Waals surface area contributed by atoms with Gasteiger partial charge in [0.15, 0.2) is 11.5 Å². The van der Waals surface area contributed by atoms with Gasteiger partial charge in [0.1, 0.15) is 0 Å². The van der Waals surface area contributed by atoms with Crippen LogP contribution in [-0.2, 0) is 11.3 Å². The Balaban J connectivity index is 1.81. The first-order valence-corrected chi connectivity index (χ1v) is 11.4. The summed E-state index contributed by atoms with van der Waals surface area (Å²) < 4.78 is 18.0. The molecule has 2 aromatic carbocycles. The second-order valence-corrected chi connectivity index (χ2v) is 8.32. The molecule has 1 atom stereocenters. The van der Waals surface area contributed by atoms with Crippen LogP contribution in [0.4, 0.5) is 0 Å². The smallest absolute Gasteiger partial charge is 0.352 e. The SMILES string of the molecule is COc1ccc(-n2nc(C(=O)NCC3CCCO3)c(=O)n(Cc3ccccc3Cl)c2=O)cc1OC. The number of aromatic nitrogens is 3. The molecule has 1 aromatic heterocycles. The van der Waals surface area contributed by atoms with Crippen molar-refractivity contribution < 1.29 is 19.0 Å². The number of ether oxygens (including phenoxy) is 3. The van der Waals surface area contributed by atoms with Crippen molar-refractivity contribution in [3.63, 3.8) is 0 Å². The van der Waals surface area contributed by atoms with E-state index in [1.807, 2.05) is 0 Å². The lowest BCUT2D eigenvalue weighted by Crippen LogP contribution is -2.46. The van der Waals surface area contributed by atoms with E-state index < -0.39 is 22.9 Å². The fourth-order valence-electron chi connectivity index (χ4n) is 3.81. The van der Waals surface area contributed by atoms with Gasteiger partial charge < -0.3 is 19.5 Å². The monoisotopic (exact) mass is 500 g/mol. The number of halogens is 1. The van der Waals surface area contributed by atoms with E-state index in [9.17, 15) is 14.4 Å². The molecule has 184 valence electrons. The lowest BCUT2D eigenvalue weighted by molar-refractivity contribution is 0.0849. The van der Waals surface area contributed by atoms with Crippen LogP contribution in [-0.4, -0.2) is 53.7 Å². The Morgan fingerprint density at radius 1 is 1.17 bits per heavy atom. The molecule has 10 nitrogen and oxygen atoms in total. The van der Waals surface area contributed by atoms with Gasteiger partial charge in [0, 0.05) is 24.2 Å². The van der Waals surface area contributed by atoms with Crippen molar-refractivity contribution in [3.8, 4) is 17.2 Å². The summed E-state index contributed by atoms with van der Waals surface area (Å²) in [5, 5.41) is 7.22. The average Bonchev–Trinajstić information content (AvgIpc) is 3.39. The molecular weight excluding hydrogens is 476 g/mol. The molecule has 1 fully saturated rings. The Morgan fingerprint density at radius 2 is 1.94 bits per heavy atom. The van der Waals surface area contributed by atoms with Gasteiger partial charge in [-0.1, -0.05) is 29.8 Å². The molecule has 1 N–H and O–H groups in total. The average molecular weight is 501 g/mol. The van der Waals surface area contributed by atoms with Crippen LogP contribution in [0.25, 0.3) is 5.69 Å².